The standard InChI is InChI=1S/C13H16ClNO3/c14-6-7-15(9-2-1-3-9)13(18)11-5-4-10(16)8-12(11)17/h4-5,8-9,16-17H,1-3,6-7H2. The fourth-order valence-corrected chi connectivity index (χ4v) is 2.28. The van der Waals surface area contributed by atoms with E-state index in [1.807, 2.05) is 0 Å². The number of rotatable bonds is 4. The summed E-state index contributed by atoms with van der Waals surface area (Å²) in [7, 11) is 0. The van der Waals surface area contributed by atoms with Crippen molar-refractivity contribution >= 4 is 17.5 Å². The van der Waals surface area contributed by atoms with Crippen molar-refractivity contribution in [2.24, 2.45) is 0 Å². The van der Waals surface area contributed by atoms with Crippen molar-refractivity contribution < 1.29 is 15.0 Å². The molecule has 2 N–H and O–H groups in total. The first-order chi connectivity index (χ1) is 8.63. The molecule has 1 aromatic carbocycles. The largest absolute Gasteiger partial charge is 0.508 e. The van der Waals surface area contributed by atoms with Crippen molar-refractivity contribution in [3.8, 4) is 11.5 Å². The van der Waals surface area contributed by atoms with Crippen LogP contribution in [0.3, 0.4) is 0 Å². The first-order valence-electron chi connectivity index (χ1n) is 6.02. The van der Waals surface area contributed by atoms with E-state index in [0.717, 1.165) is 19.3 Å². The minimum absolute atomic E-state index is 0.0587. The van der Waals surface area contributed by atoms with E-state index in [4.69, 9.17) is 11.6 Å². The molecule has 0 atom stereocenters. The molecule has 18 heavy (non-hydrogen) atoms. The van der Waals surface area contributed by atoms with Gasteiger partial charge in [0.05, 0.1) is 5.56 Å². The molecule has 1 amide bonds. The molecule has 1 fully saturated rings. The van der Waals surface area contributed by atoms with Gasteiger partial charge >= 0.3 is 0 Å². The zero-order valence-corrected chi connectivity index (χ0v) is 10.7. The van der Waals surface area contributed by atoms with Crippen LogP contribution in [0.2, 0.25) is 0 Å². The van der Waals surface area contributed by atoms with Gasteiger partial charge in [-0.25, -0.2) is 0 Å². The summed E-state index contributed by atoms with van der Waals surface area (Å²) in [5.41, 5.74) is 0.213. The number of carbonyl (C=O) groups is 1. The molecule has 2 rings (SSSR count). The lowest BCUT2D eigenvalue weighted by atomic mass is 9.91. The lowest BCUT2D eigenvalue weighted by Gasteiger charge is -2.37. The lowest BCUT2D eigenvalue weighted by molar-refractivity contribution is 0.0595. The number of hydrogen-bond donors (Lipinski definition) is 2. The van der Waals surface area contributed by atoms with Crippen LogP contribution in [0.1, 0.15) is 29.6 Å². The van der Waals surface area contributed by atoms with Crippen LogP contribution in [0.15, 0.2) is 18.2 Å². The summed E-state index contributed by atoms with van der Waals surface area (Å²) in [5, 5.41) is 18.9. The Morgan fingerprint density at radius 2 is 2.11 bits per heavy atom. The quantitative estimate of drug-likeness (QED) is 0.825. The molecule has 0 unspecified atom stereocenters. The zero-order chi connectivity index (χ0) is 13.1. The molecule has 0 bridgehead atoms. The van der Waals surface area contributed by atoms with E-state index in [0.29, 0.717) is 12.4 Å². The van der Waals surface area contributed by atoms with E-state index in [1.165, 1.54) is 18.2 Å². The van der Waals surface area contributed by atoms with Gasteiger partial charge in [-0.05, 0) is 31.4 Å². The van der Waals surface area contributed by atoms with Gasteiger partial charge in [-0.3, -0.25) is 4.79 Å². The van der Waals surface area contributed by atoms with Gasteiger partial charge in [-0.15, -0.1) is 11.6 Å². The molecule has 0 aliphatic heterocycles. The Morgan fingerprint density at radius 1 is 1.39 bits per heavy atom. The Labute approximate surface area is 111 Å². The van der Waals surface area contributed by atoms with E-state index >= 15 is 0 Å². The number of phenols is 2. The van der Waals surface area contributed by atoms with Crippen LogP contribution >= 0.6 is 11.6 Å². The zero-order valence-electron chi connectivity index (χ0n) is 9.97. The Bertz CT molecular complexity index is 446. The molecule has 1 saturated carbocycles. The molecule has 0 saturated heterocycles. The number of alkyl halides is 1. The van der Waals surface area contributed by atoms with Crippen molar-refractivity contribution in [1.82, 2.24) is 4.90 Å². The van der Waals surface area contributed by atoms with Crippen molar-refractivity contribution in [3.05, 3.63) is 23.8 Å². The summed E-state index contributed by atoms with van der Waals surface area (Å²) in [6.07, 6.45) is 3.10. The molecule has 4 nitrogen and oxygen atoms in total. The molecule has 0 aromatic heterocycles. The summed E-state index contributed by atoms with van der Waals surface area (Å²) >= 11 is 5.72. The number of amides is 1. The number of hydrogen-bond acceptors (Lipinski definition) is 3. The molecular formula is C13H16ClNO3. The smallest absolute Gasteiger partial charge is 0.257 e. The number of phenolic OH excluding ortho intramolecular Hbond substituents is 2. The Balaban J connectivity index is 2.21. The summed E-state index contributed by atoms with van der Waals surface area (Å²) < 4.78 is 0. The third-order valence-electron chi connectivity index (χ3n) is 3.31. The van der Waals surface area contributed by atoms with Crippen LogP contribution in [0.25, 0.3) is 0 Å². The highest BCUT2D eigenvalue weighted by atomic mass is 35.5. The SMILES string of the molecule is O=C(c1ccc(O)cc1O)N(CCCl)C1CCC1. The van der Waals surface area contributed by atoms with Crippen LogP contribution in [-0.2, 0) is 0 Å². The predicted octanol–water partition coefficient (Wildman–Crippen LogP) is 2.33. The molecule has 1 aliphatic carbocycles. The van der Waals surface area contributed by atoms with E-state index in [9.17, 15) is 15.0 Å². The van der Waals surface area contributed by atoms with Crippen molar-refractivity contribution in [1.29, 1.82) is 0 Å². The number of aromatic hydroxyl groups is 2. The average Bonchev–Trinajstić information content (AvgIpc) is 2.25. The fourth-order valence-electron chi connectivity index (χ4n) is 2.09. The van der Waals surface area contributed by atoms with Crippen LogP contribution in [0.5, 0.6) is 11.5 Å². The molecule has 1 aliphatic rings. The van der Waals surface area contributed by atoms with Gasteiger partial charge in [-0.1, -0.05) is 0 Å². The van der Waals surface area contributed by atoms with Gasteiger partial charge in [0.1, 0.15) is 11.5 Å². The molecule has 1 aromatic rings. The fraction of sp³-hybridized carbons (Fsp3) is 0.462. The van der Waals surface area contributed by atoms with Gasteiger partial charge < -0.3 is 15.1 Å². The normalized spacial score (nSPS) is 15.2. The second-order valence-corrected chi connectivity index (χ2v) is 4.85. The molecule has 0 radical (unpaired) electrons. The maximum atomic E-state index is 12.3. The van der Waals surface area contributed by atoms with Gasteiger partial charge in [0.2, 0.25) is 0 Å². The molecule has 0 spiro atoms. The van der Waals surface area contributed by atoms with E-state index in [1.54, 1.807) is 4.90 Å². The van der Waals surface area contributed by atoms with Gasteiger partial charge in [0.15, 0.2) is 0 Å². The van der Waals surface area contributed by atoms with Gasteiger partial charge in [0.25, 0.3) is 5.91 Å². The highest BCUT2D eigenvalue weighted by Crippen LogP contribution is 2.29. The van der Waals surface area contributed by atoms with Crippen molar-refractivity contribution in [2.75, 3.05) is 12.4 Å². The number of benzene rings is 1. The molecule has 5 heteroatoms. The maximum absolute atomic E-state index is 12.3. The van der Waals surface area contributed by atoms with E-state index < -0.39 is 0 Å². The third kappa shape index (κ3) is 2.53. The molecule has 0 heterocycles. The average molecular weight is 270 g/mol. The lowest BCUT2D eigenvalue weighted by Crippen LogP contribution is -2.45. The maximum Gasteiger partial charge on any atom is 0.257 e. The third-order valence-corrected chi connectivity index (χ3v) is 3.48. The number of carbonyl (C=O) groups excluding carboxylic acids is 1. The van der Waals surface area contributed by atoms with Crippen LogP contribution < -0.4 is 0 Å². The first kappa shape index (κ1) is 13.0. The van der Waals surface area contributed by atoms with Gasteiger partial charge in [0, 0.05) is 24.5 Å². The van der Waals surface area contributed by atoms with E-state index in [-0.39, 0.29) is 29.0 Å². The first-order valence-corrected chi connectivity index (χ1v) is 6.56. The Morgan fingerprint density at radius 3 is 2.61 bits per heavy atom. The predicted molar refractivity (Wildman–Crippen MR) is 69.2 cm³/mol. The Hall–Kier alpha value is -1.42. The van der Waals surface area contributed by atoms with Crippen LogP contribution in [0.4, 0.5) is 0 Å². The Kier molecular flexibility index (Phi) is 3.97. The minimum atomic E-state index is -0.224. The summed E-state index contributed by atoms with van der Waals surface area (Å²) in [4.78, 5) is 14.0. The number of nitrogens with zero attached hydrogens (tertiary/aromatic N) is 1. The topological polar surface area (TPSA) is 60.8 Å². The molecule has 98 valence electrons. The second-order valence-electron chi connectivity index (χ2n) is 4.47. The summed E-state index contributed by atoms with van der Waals surface area (Å²) in [5.74, 6) is -0.102. The monoisotopic (exact) mass is 269 g/mol. The van der Waals surface area contributed by atoms with Gasteiger partial charge in [-0.2, -0.15) is 0 Å². The van der Waals surface area contributed by atoms with Crippen LogP contribution in [0, 0.1) is 0 Å². The van der Waals surface area contributed by atoms with Crippen molar-refractivity contribution in [2.45, 2.75) is 25.3 Å². The summed E-state index contributed by atoms with van der Waals surface area (Å²) in [6.45, 7) is 0.478. The highest BCUT2D eigenvalue weighted by molar-refractivity contribution is 6.18. The summed E-state index contributed by atoms with van der Waals surface area (Å²) in [6, 6.07) is 4.23. The molecular weight excluding hydrogens is 254 g/mol. The minimum Gasteiger partial charge on any atom is -0.508 e. The van der Waals surface area contributed by atoms with Crippen molar-refractivity contribution in [3.63, 3.8) is 0 Å². The number of halogens is 1. The van der Waals surface area contributed by atoms with Crippen LogP contribution in [-0.4, -0.2) is 39.5 Å². The van der Waals surface area contributed by atoms with E-state index in [2.05, 4.69) is 0 Å². The second kappa shape index (κ2) is 5.48. The highest BCUT2D eigenvalue weighted by Gasteiger charge is 2.30.